The van der Waals surface area contributed by atoms with Gasteiger partial charge in [0.15, 0.2) is 14.0 Å². The zero-order valence-corrected chi connectivity index (χ0v) is 27.9. The molecule has 0 aliphatic heterocycles. The van der Waals surface area contributed by atoms with E-state index in [2.05, 4.69) is 64.0 Å². The monoisotopic (exact) mass is 591 g/mol. The number of benzene rings is 2. The van der Waals surface area contributed by atoms with Gasteiger partial charge in [-0.3, -0.25) is 9.59 Å². The lowest BCUT2D eigenvalue weighted by molar-refractivity contribution is 0.0657. The average molecular weight is 592 g/mol. The van der Waals surface area contributed by atoms with E-state index in [0.29, 0.717) is 25.6 Å². The standard InChI is InChI=1S/C34H49N3O4Si/c1-10-11-22-40-30-29(33(39)37(24(2)3)21-23-41-42(8,9)34(5,6)7)35-31(36-32(30)38)25(4)27-19-15-16-20-28(27)26-17-13-12-14-18-26/h12-20,24-25H,10-11,21-23H2,1-9H3,(H,35,36,38). The average Bonchev–Trinajstić information content (AvgIpc) is 2.95. The summed E-state index contributed by atoms with van der Waals surface area (Å²) in [6, 6.07) is 18.1. The summed E-state index contributed by atoms with van der Waals surface area (Å²) in [6.45, 7) is 20.1. The van der Waals surface area contributed by atoms with Crippen LogP contribution in [-0.4, -0.2) is 54.9 Å². The summed E-state index contributed by atoms with van der Waals surface area (Å²) in [5.74, 6) is -0.196. The molecule has 7 nitrogen and oxygen atoms in total. The third-order valence-electron chi connectivity index (χ3n) is 8.25. The Kier molecular flexibility index (Phi) is 11.3. The lowest BCUT2D eigenvalue weighted by atomic mass is 9.91. The topological polar surface area (TPSA) is 84.5 Å². The van der Waals surface area contributed by atoms with Gasteiger partial charge in [-0.1, -0.05) is 95.6 Å². The van der Waals surface area contributed by atoms with E-state index in [1.54, 1.807) is 4.90 Å². The molecule has 1 atom stereocenters. The number of aromatic nitrogens is 2. The molecule has 3 rings (SSSR count). The molecule has 1 heterocycles. The number of unbranched alkanes of at least 4 members (excludes halogenated alkanes) is 1. The normalized spacial score (nSPS) is 12.8. The molecule has 0 fully saturated rings. The van der Waals surface area contributed by atoms with Gasteiger partial charge in [-0.25, -0.2) is 4.98 Å². The summed E-state index contributed by atoms with van der Waals surface area (Å²) < 4.78 is 12.3. The molecule has 0 spiro atoms. The largest absolute Gasteiger partial charge is 0.486 e. The van der Waals surface area contributed by atoms with Gasteiger partial charge >= 0.3 is 0 Å². The van der Waals surface area contributed by atoms with Gasteiger partial charge in [-0.2, -0.15) is 0 Å². The lowest BCUT2D eigenvalue weighted by Gasteiger charge is -2.37. The van der Waals surface area contributed by atoms with Crippen molar-refractivity contribution in [2.75, 3.05) is 19.8 Å². The quantitative estimate of drug-likeness (QED) is 0.163. The fourth-order valence-electron chi connectivity index (χ4n) is 4.53. The molecule has 0 saturated carbocycles. The first-order valence-electron chi connectivity index (χ1n) is 15.1. The van der Waals surface area contributed by atoms with Crippen LogP contribution in [0, 0.1) is 0 Å². The zero-order chi connectivity index (χ0) is 31.1. The Hall–Kier alpha value is -3.23. The highest BCUT2D eigenvalue weighted by Gasteiger charge is 2.37. The number of hydrogen-bond acceptors (Lipinski definition) is 5. The van der Waals surface area contributed by atoms with Gasteiger partial charge in [-0.05, 0) is 55.1 Å². The van der Waals surface area contributed by atoms with E-state index >= 15 is 0 Å². The second-order valence-electron chi connectivity index (χ2n) is 12.7. The van der Waals surface area contributed by atoms with Crippen LogP contribution in [-0.2, 0) is 4.43 Å². The van der Waals surface area contributed by atoms with E-state index in [1.165, 1.54) is 0 Å². The second kappa shape index (κ2) is 14.3. The maximum atomic E-state index is 14.1. The van der Waals surface area contributed by atoms with Crippen LogP contribution in [0.25, 0.3) is 11.1 Å². The third-order valence-corrected chi connectivity index (χ3v) is 12.8. The van der Waals surface area contributed by atoms with Crippen LogP contribution < -0.4 is 10.3 Å². The van der Waals surface area contributed by atoms with Gasteiger partial charge in [0.2, 0.25) is 5.75 Å². The maximum Gasteiger partial charge on any atom is 0.294 e. The van der Waals surface area contributed by atoms with Crippen LogP contribution in [0.2, 0.25) is 18.1 Å². The number of H-pyrrole nitrogens is 1. The smallest absolute Gasteiger partial charge is 0.294 e. The van der Waals surface area contributed by atoms with E-state index in [9.17, 15) is 9.59 Å². The Morgan fingerprint density at radius 1 is 1.00 bits per heavy atom. The summed E-state index contributed by atoms with van der Waals surface area (Å²) in [5.41, 5.74) is 2.75. The van der Waals surface area contributed by atoms with Crippen molar-refractivity contribution in [2.24, 2.45) is 0 Å². The van der Waals surface area contributed by atoms with Gasteiger partial charge in [0, 0.05) is 18.5 Å². The summed E-state index contributed by atoms with van der Waals surface area (Å²) >= 11 is 0. The number of amides is 1. The second-order valence-corrected chi connectivity index (χ2v) is 17.5. The van der Waals surface area contributed by atoms with E-state index in [-0.39, 0.29) is 34.3 Å². The van der Waals surface area contributed by atoms with Crippen molar-refractivity contribution in [1.29, 1.82) is 0 Å². The molecule has 8 heteroatoms. The van der Waals surface area contributed by atoms with Crippen LogP contribution in [0.5, 0.6) is 5.75 Å². The van der Waals surface area contributed by atoms with E-state index < -0.39 is 13.9 Å². The number of nitrogens with one attached hydrogen (secondary N) is 1. The molecule has 0 aliphatic rings. The van der Waals surface area contributed by atoms with Gasteiger partial charge in [0.05, 0.1) is 13.2 Å². The van der Waals surface area contributed by atoms with Crippen LogP contribution in [0.3, 0.4) is 0 Å². The highest BCUT2D eigenvalue weighted by Crippen LogP contribution is 2.36. The molecule has 228 valence electrons. The number of nitrogens with zero attached hydrogens (tertiary/aromatic N) is 2. The van der Waals surface area contributed by atoms with Crippen LogP contribution in [0.15, 0.2) is 59.4 Å². The molecular formula is C34H49N3O4Si. The fraction of sp³-hybridized carbons (Fsp3) is 0.500. The molecule has 3 aromatic rings. The molecule has 1 unspecified atom stereocenters. The minimum absolute atomic E-state index is 0.0169. The van der Waals surface area contributed by atoms with Crippen molar-refractivity contribution in [2.45, 2.75) is 91.4 Å². The molecular weight excluding hydrogens is 542 g/mol. The molecule has 1 amide bonds. The van der Waals surface area contributed by atoms with Crippen molar-refractivity contribution >= 4 is 14.2 Å². The molecule has 0 aliphatic carbocycles. The SMILES string of the molecule is CCCCOc1c(C(=O)N(CCO[Si](C)(C)C(C)(C)C)C(C)C)nc(C(C)c2ccccc2-c2ccccc2)[nH]c1=O. The molecule has 42 heavy (non-hydrogen) atoms. The van der Waals surface area contributed by atoms with Gasteiger partial charge in [-0.15, -0.1) is 0 Å². The molecule has 1 N–H and O–H groups in total. The highest BCUT2D eigenvalue weighted by molar-refractivity contribution is 6.74. The van der Waals surface area contributed by atoms with E-state index in [0.717, 1.165) is 29.5 Å². The number of carbonyl (C=O) groups is 1. The van der Waals surface area contributed by atoms with E-state index in [1.807, 2.05) is 57.2 Å². The van der Waals surface area contributed by atoms with Crippen molar-refractivity contribution in [1.82, 2.24) is 14.9 Å². The van der Waals surface area contributed by atoms with Gasteiger partial charge < -0.3 is 19.0 Å². The Labute approximate surface area is 252 Å². The molecule has 1 aromatic heterocycles. The van der Waals surface area contributed by atoms with E-state index in [4.69, 9.17) is 14.1 Å². The molecule has 0 saturated heterocycles. The highest BCUT2D eigenvalue weighted by atomic mass is 28.4. The number of aromatic amines is 1. The van der Waals surface area contributed by atoms with Crippen LogP contribution in [0.1, 0.15) is 89.1 Å². The van der Waals surface area contributed by atoms with Crippen LogP contribution in [0.4, 0.5) is 0 Å². The number of carbonyl (C=O) groups excluding carboxylic acids is 1. The molecule has 0 radical (unpaired) electrons. The molecule has 0 bridgehead atoms. The minimum Gasteiger partial charge on any atom is -0.486 e. The third kappa shape index (κ3) is 7.98. The Balaban J connectivity index is 2.02. The lowest BCUT2D eigenvalue weighted by Crippen LogP contribution is -2.45. The Morgan fingerprint density at radius 2 is 1.64 bits per heavy atom. The number of ether oxygens (including phenoxy) is 1. The maximum absolute atomic E-state index is 14.1. The summed E-state index contributed by atoms with van der Waals surface area (Å²) in [6.07, 6.45) is 1.67. The predicted molar refractivity (Wildman–Crippen MR) is 174 cm³/mol. The summed E-state index contributed by atoms with van der Waals surface area (Å²) in [4.78, 5) is 37.1. The summed E-state index contributed by atoms with van der Waals surface area (Å²) in [7, 11) is -1.99. The zero-order valence-electron chi connectivity index (χ0n) is 26.9. The Morgan fingerprint density at radius 3 is 2.26 bits per heavy atom. The molecule has 2 aromatic carbocycles. The van der Waals surface area contributed by atoms with Gasteiger partial charge in [0.1, 0.15) is 5.82 Å². The Bertz CT molecular complexity index is 1380. The van der Waals surface area contributed by atoms with Crippen molar-refractivity contribution in [3.63, 3.8) is 0 Å². The predicted octanol–water partition coefficient (Wildman–Crippen LogP) is 7.64. The number of rotatable bonds is 13. The van der Waals surface area contributed by atoms with Crippen molar-refractivity contribution in [3.8, 4) is 16.9 Å². The van der Waals surface area contributed by atoms with Crippen molar-refractivity contribution in [3.05, 3.63) is 82.0 Å². The minimum atomic E-state index is -1.99. The first-order valence-corrected chi connectivity index (χ1v) is 18.1. The van der Waals surface area contributed by atoms with Crippen LogP contribution >= 0.6 is 0 Å². The van der Waals surface area contributed by atoms with Gasteiger partial charge in [0.25, 0.3) is 11.5 Å². The summed E-state index contributed by atoms with van der Waals surface area (Å²) in [5, 5.41) is 0.0648. The van der Waals surface area contributed by atoms with Crippen molar-refractivity contribution < 1.29 is 14.0 Å². The first kappa shape index (κ1) is 33.3. The first-order chi connectivity index (χ1) is 19.8. The fourth-order valence-corrected chi connectivity index (χ4v) is 5.57. The number of hydrogen-bond donors (Lipinski definition) is 1.